The molecule has 5 heteroatoms. The van der Waals surface area contributed by atoms with Crippen molar-refractivity contribution < 1.29 is 18.9 Å². The van der Waals surface area contributed by atoms with Crippen LogP contribution in [0.5, 0.6) is 17.2 Å². The second kappa shape index (κ2) is 11.3. The molecule has 0 amide bonds. The molecular weight excluding hydrogens is 390 g/mol. The van der Waals surface area contributed by atoms with Crippen LogP contribution in [0, 0.1) is 0 Å². The van der Waals surface area contributed by atoms with Crippen LogP contribution >= 0.6 is 0 Å². The zero-order valence-electron chi connectivity index (χ0n) is 17.7. The molecule has 3 aromatic carbocycles. The van der Waals surface area contributed by atoms with Crippen molar-refractivity contribution in [1.29, 1.82) is 0 Å². The Hall–Kier alpha value is -3.18. The summed E-state index contributed by atoms with van der Waals surface area (Å²) in [6.45, 7) is 3.20. The van der Waals surface area contributed by atoms with Gasteiger partial charge in [0.15, 0.2) is 0 Å². The van der Waals surface area contributed by atoms with Gasteiger partial charge in [-0.25, -0.2) is 0 Å². The van der Waals surface area contributed by atoms with Gasteiger partial charge in [0.05, 0.1) is 6.10 Å². The number of anilines is 1. The van der Waals surface area contributed by atoms with Gasteiger partial charge in [-0.15, -0.1) is 0 Å². The second-order valence-corrected chi connectivity index (χ2v) is 7.48. The Balaban J connectivity index is 1.18. The number of para-hydroxylation sites is 1. The van der Waals surface area contributed by atoms with Crippen molar-refractivity contribution in [1.82, 2.24) is 0 Å². The van der Waals surface area contributed by atoms with Crippen LogP contribution < -0.4 is 19.5 Å². The summed E-state index contributed by atoms with van der Waals surface area (Å²) in [6, 6.07) is 25.9. The fourth-order valence-electron chi connectivity index (χ4n) is 3.40. The third kappa shape index (κ3) is 6.93. The molecule has 162 valence electrons. The van der Waals surface area contributed by atoms with E-state index >= 15 is 0 Å². The van der Waals surface area contributed by atoms with Crippen molar-refractivity contribution in [3.8, 4) is 17.2 Å². The van der Waals surface area contributed by atoms with E-state index < -0.39 is 0 Å². The van der Waals surface area contributed by atoms with Crippen molar-refractivity contribution in [2.24, 2.45) is 0 Å². The zero-order valence-corrected chi connectivity index (χ0v) is 17.7. The number of hydrogen-bond acceptors (Lipinski definition) is 5. The van der Waals surface area contributed by atoms with E-state index in [0.29, 0.717) is 19.8 Å². The topological polar surface area (TPSA) is 49.0 Å². The number of hydrogen-bond donors (Lipinski definition) is 1. The third-order valence-electron chi connectivity index (χ3n) is 5.08. The van der Waals surface area contributed by atoms with E-state index in [1.165, 1.54) is 5.56 Å². The Bertz CT molecular complexity index is 908. The van der Waals surface area contributed by atoms with Crippen LogP contribution in [0.15, 0.2) is 78.9 Å². The maximum atomic E-state index is 5.83. The van der Waals surface area contributed by atoms with E-state index in [1.54, 1.807) is 0 Å². The van der Waals surface area contributed by atoms with Crippen LogP contribution in [-0.2, 0) is 11.3 Å². The molecule has 1 aliphatic rings. The van der Waals surface area contributed by atoms with Gasteiger partial charge in [0.1, 0.15) is 37.1 Å². The first-order valence-corrected chi connectivity index (χ1v) is 10.8. The smallest absolute Gasteiger partial charge is 0.122 e. The molecule has 1 N–H and O–H groups in total. The highest BCUT2D eigenvalue weighted by Crippen LogP contribution is 2.20. The minimum absolute atomic E-state index is 0.237. The highest BCUT2D eigenvalue weighted by molar-refractivity contribution is 5.48. The van der Waals surface area contributed by atoms with Gasteiger partial charge >= 0.3 is 0 Å². The van der Waals surface area contributed by atoms with E-state index in [4.69, 9.17) is 18.9 Å². The largest absolute Gasteiger partial charge is 0.491 e. The van der Waals surface area contributed by atoms with Crippen molar-refractivity contribution >= 4 is 5.69 Å². The molecule has 0 aromatic heterocycles. The van der Waals surface area contributed by atoms with Crippen LogP contribution in [0.1, 0.15) is 18.4 Å². The van der Waals surface area contributed by atoms with E-state index in [1.807, 2.05) is 66.7 Å². The van der Waals surface area contributed by atoms with Gasteiger partial charge in [0.25, 0.3) is 0 Å². The molecule has 1 atom stereocenters. The zero-order chi connectivity index (χ0) is 21.1. The van der Waals surface area contributed by atoms with Crippen LogP contribution in [0.2, 0.25) is 0 Å². The standard InChI is InChI=1S/C26H29NO4/c1-2-7-23(8-3-1)29-16-17-30-25-9-4-6-22(18-25)27-19-21-11-13-24(14-12-21)31-20-26-10-5-15-28-26/h1-4,6-9,11-14,18,26-27H,5,10,15-17,19-20H2. The first kappa shape index (κ1) is 21.1. The molecule has 0 saturated carbocycles. The first-order valence-electron chi connectivity index (χ1n) is 10.8. The Morgan fingerprint density at radius 3 is 2.29 bits per heavy atom. The Labute approximate surface area is 183 Å². The summed E-state index contributed by atoms with van der Waals surface area (Å²) in [5.41, 5.74) is 2.20. The fourth-order valence-corrected chi connectivity index (χ4v) is 3.40. The van der Waals surface area contributed by atoms with Gasteiger partial charge in [-0.1, -0.05) is 36.4 Å². The monoisotopic (exact) mass is 419 g/mol. The van der Waals surface area contributed by atoms with Crippen LogP contribution in [0.3, 0.4) is 0 Å². The average molecular weight is 420 g/mol. The molecular formula is C26H29NO4. The molecule has 1 unspecified atom stereocenters. The minimum Gasteiger partial charge on any atom is -0.491 e. The third-order valence-corrected chi connectivity index (χ3v) is 5.08. The SMILES string of the molecule is c1ccc(OCCOc2cccc(NCc3ccc(OCC4CCCO4)cc3)c2)cc1. The molecule has 0 bridgehead atoms. The summed E-state index contributed by atoms with van der Waals surface area (Å²) in [6.07, 6.45) is 2.46. The van der Waals surface area contributed by atoms with Crippen molar-refractivity contribution in [2.75, 3.05) is 31.7 Å². The molecule has 31 heavy (non-hydrogen) atoms. The molecule has 0 radical (unpaired) electrons. The normalized spacial score (nSPS) is 15.4. The van der Waals surface area contributed by atoms with E-state index in [-0.39, 0.29) is 6.10 Å². The first-order chi connectivity index (χ1) is 15.3. The second-order valence-electron chi connectivity index (χ2n) is 7.48. The van der Waals surface area contributed by atoms with Crippen molar-refractivity contribution in [3.05, 3.63) is 84.4 Å². The lowest BCUT2D eigenvalue weighted by atomic mass is 10.2. The number of benzene rings is 3. The number of nitrogens with one attached hydrogen (secondary N) is 1. The lowest BCUT2D eigenvalue weighted by Gasteiger charge is -2.13. The van der Waals surface area contributed by atoms with Gasteiger partial charge in [0.2, 0.25) is 0 Å². The average Bonchev–Trinajstić information content (AvgIpc) is 3.35. The molecule has 1 saturated heterocycles. The number of rotatable bonds is 11. The predicted molar refractivity (Wildman–Crippen MR) is 122 cm³/mol. The van der Waals surface area contributed by atoms with Crippen LogP contribution in [-0.4, -0.2) is 32.5 Å². The quantitative estimate of drug-likeness (QED) is 0.427. The summed E-state index contributed by atoms with van der Waals surface area (Å²) >= 11 is 0. The predicted octanol–water partition coefficient (Wildman–Crippen LogP) is 5.31. The molecule has 1 fully saturated rings. The van der Waals surface area contributed by atoms with Crippen molar-refractivity contribution in [2.45, 2.75) is 25.5 Å². The molecule has 0 spiro atoms. The van der Waals surface area contributed by atoms with Crippen LogP contribution in [0.4, 0.5) is 5.69 Å². The maximum Gasteiger partial charge on any atom is 0.122 e. The number of ether oxygens (including phenoxy) is 4. The summed E-state index contributed by atoms with van der Waals surface area (Å²) in [5.74, 6) is 2.55. The Kier molecular flexibility index (Phi) is 7.66. The molecule has 4 rings (SSSR count). The van der Waals surface area contributed by atoms with Gasteiger partial charge in [0, 0.05) is 24.9 Å². The molecule has 0 aliphatic carbocycles. The highest BCUT2D eigenvalue weighted by atomic mass is 16.5. The van der Waals surface area contributed by atoms with E-state index in [0.717, 1.165) is 48.9 Å². The summed E-state index contributed by atoms with van der Waals surface area (Å²) in [5, 5.41) is 3.44. The highest BCUT2D eigenvalue weighted by Gasteiger charge is 2.15. The lowest BCUT2D eigenvalue weighted by Crippen LogP contribution is -2.16. The van der Waals surface area contributed by atoms with Gasteiger partial charge in [-0.2, -0.15) is 0 Å². The van der Waals surface area contributed by atoms with Crippen LogP contribution in [0.25, 0.3) is 0 Å². The Morgan fingerprint density at radius 2 is 1.52 bits per heavy atom. The molecule has 5 nitrogen and oxygen atoms in total. The minimum atomic E-state index is 0.237. The maximum absolute atomic E-state index is 5.83. The molecule has 1 heterocycles. The van der Waals surface area contributed by atoms with Crippen molar-refractivity contribution in [3.63, 3.8) is 0 Å². The summed E-state index contributed by atoms with van der Waals surface area (Å²) in [7, 11) is 0. The lowest BCUT2D eigenvalue weighted by molar-refractivity contribution is 0.0679. The molecule has 3 aromatic rings. The van der Waals surface area contributed by atoms with E-state index in [2.05, 4.69) is 17.4 Å². The van der Waals surface area contributed by atoms with E-state index in [9.17, 15) is 0 Å². The van der Waals surface area contributed by atoms with Gasteiger partial charge < -0.3 is 24.3 Å². The summed E-state index contributed by atoms with van der Waals surface area (Å²) in [4.78, 5) is 0. The van der Waals surface area contributed by atoms with Gasteiger partial charge in [-0.3, -0.25) is 0 Å². The summed E-state index contributed by atoms with van der Waals surface area (Å²) < 4.78 is 22.9. The molecule has 1 aliphatic heterocycles. The fraction of sp³-hybridized carbons (Fsp3) is 0.308. The Morgan fingerprint density at radius 1 is 0.774 bits per heavy atom. The van der Waals surface area contributed by atoms with Gasteiger partial charge in [-0.05, 0) is 54.8 Å².